The van der Waals surface area contributed by atoms with Gasteiger partial charge >= 0.3 is 0 Å². The molecule has 0 saturated carbocycles. The van der Waals surface area contributed by atoms with Crippen molar-refractivity contribution in [2.45, 2.75) is 44.7 Å². The molecule has 0 aliphatic carbocycles. The fourth-order valence-corrected chi connectivity index (χ4v) is 3.34. The van der Waals surface area contributed by atoms with Gasteiger partial charge in [0, 0.05) is 37.3 Å². The van der Waals surface area contributed by atoms with Gasteiger partial charge in [0.1, 0.15) is 0 Å². The molecule has 1 unspecified atom stereocenters. The highest BCUT2D eigenvalue weighted by molar-refractivity contribution is 5.34. The third kappa shape index (κ3) is 3.76. The van der Waals surface area contributed by atoms with E-state index in [0.717, 1.165) is 25.2 Å². The molecule has 1 aliphatic heterocycles. The average Bonchev–Trinajstić information content (AvgIpc) is 2.99. The van der Waals surface area contributed by atoms with Crippen molar-refractivity contribution in [2.75, 3.05) is 13.2 Å². The second-order valence-electron chi connectivity index (χ2n) is 6.12. The average molecular weight is 299 g/mol. The zero-order valence-electron chi connectivity index (χ0n) is 13.1. The number of hydrogen-bond acceptors (Lipinski definition) is 3. The van der Waals surface area contributed by atoms with Gasteiger partial charge in [-0.25, -0.2) is 4.98 Å². The Morgan fingerprint density at radius 1 is 1.14 bits per heavy atom. The smallest absolute Gasteiger partial charge is 0.0991 e. The minimum absolute atomic E-state index is 0.292. The number of imidazole rings is 1. The molecule has 118 valence electrons. The number of nitrogens with zero attached hydrogens (tertiary/aromatic N) is 3. The normalized spacial score (nSPS) is 20.0. The van der Waals surface area contributed by atoms with Crippen LogP contribution in [0.3, 0.4) is 0 Å². The first-order valence-electron chi connectivity index (χ1n) is 8.29. The van der Waals surface area contributed by atoms with Crippen LogP contribution in [0.5, 0.6) is 0 Å². The van der Waals surface area contributed by atoms with E-state index in [1.807, 2.05) is 17.1 Å². The molecule has 1 saturated heterocycles. The lowest BCUT2D eigenvalue weighted by Gasteiger charge is -2.29. The lowest BCUT2D eigenvalue weighted by molar-refractivity contribution is 0.151. The minimum Gasteiger partial charge on any atom is -0.396 e. The van der Waals surface area contributed by atoms with Crippen molar-refractivity contribution < 1.29 is 5.11 Å². The van der Waals surface area contributed by atoms with Crippen molar-refractivity contribution in [3.63, 3.8) is 0 Å². The molecular weight excluding hydrogens is 274 g/mol. The summed E-state index contributed by atoms with van der Waals surface area (Å²) >= 11 is 0. The van der Waals surface area contributed by atoms with E-state index in [-0.39, 0.29) is 0 Å². The van der Waals surface area contributed by atoms with Crippen LogP contribution < -0.4 is 0 Å². The molecule has 4 heteroatoms. The van der Waals surface area contributed by atoms with Crippen molar-refractivity contribution in [3.05, 3.63) is 48.5 Å². The summed E-state index contributed by atoms with van der Waals surface area (Å²) in [6.07, 6.45) is 11.6. The maximum Gasteiger partial charge on any atom is 0.0991 e. The molecule has 1 fully saturated rings. The third-order valence-corrected chi connectivity index (χ3v) is 4.59. The van der Waals surface area contributed by atoms with E-state index in [9.17, 15) is 5.11 Å². The lowest BCUT2D eigenvalue weighted by Crippen LogP contribution is -2.35. The zero-order chi connectivity index (χ0) is 15.2. The first-order valence-corrected chi connectivity index (χ1v) is 8.29. The summed E-state index contributed by atoms with van der Waals surface area (Å²) in [5.74, 6) is 0. The Morgan fingerprint density at radius 2 is 2.00 bits per heavy atom. The van der Waals surface area contributed by atoms with Crippen LogP contribution in [0.25, 0.3) is 5.69 Å². The maximum atomic E-state index is 9.30. The molecule has 2 heterocycles. The molecule has 3 rings (SSSR count). The van der Waals surface area contributed by atoms with Crippen LogP contribution in [0, 0.1) is 0 Å². The Bertz CT molecular complexity index is 550. The van der Waals surface area contributed by atoms with Crippen molar-refractivity contribution in [1.82, 2.24) is 14.5 Å². The monoisotopic (exact) mass is 299 g/mol. The highest BCUT2D eigenvalue weighted by Gasteiger charge is 2.20. The zero-order valence-corrected chi connectivity index (χ0v) is 13.1. The molecule has 22 heavy (non-hydrogen) atoms. The molecule has 0 spiro atoms. The molecular formula is C18H25N3O. The van der Waals surface area contributed by atoms with Gasteiger partial charge in [-0.2, -0.15) is 0 Å². The fraction of sp³-hybridized carbons (Fsp3) is 0.500. The van der Waals surface area contributed by atoms with Gasteiger partial charge in [-0.1, -0.05) is 25.0 Å². The van der Waals surface area contributed by atoms with Gasteiger partial charge in [-0.3, -0.25) is 4.90 Å². The predicted molar refractivity (Wildman–Crippen MR) is 87.9 cm³/mol. The summed E-state index contributed by atoms with van der Waals surface area (Å²) < 4.78 is 2.02. The Hall–Kier alpha value is -1.65. The Labute approximate surface area is 132 Å². The Morgan fingerprint density at radius 3 is 2.73 bits per heavy atom. The van der Waals surface area contributed by atoms with Crippen molar-refractivity contribution in [1.29, 1.82) is 0 Å². The van der Waals surface area contributed by atoms with Crippen LogP contribution in [-0.4, -0.2) is 38.8 Å². The summed E-state index contributed by atoms with van der Waals surface area (Å²) in [6.45, 7) is 2.42. The molecule has 0 amide bonds. The second-order valence-corrected chi connectivity index (χ2v) is 6.12. The molecule has 0 bridgehead atoms. The molecule has 2 aromatic rings. The number of likely N-dealkylation sites (tertiary alicyclic amines) is 1. The predicted octanol–water partition coefficient (Wildman–Crippen LogP) is 3.00. The van der Waals surface area contributed by atoms with Crippen molar-refractivity contribution in [2.24, 2.45) is 0 Å². The number of aromatic nitrogens is 2. The van der Waals surface area contributed by atoms with Crippen LogP contribution >= 0.6 is 0 Å². The molecule has 4 nitrogen and oxygen atoms in total. The quantitative estimate of drug-likeness (QED) is 0.923. The van der Waals surface area contributed by atoms with Crippen molar-refractivity contribution >= 4 is 0 Å². The number of benzene rings is 1. The highest BCUT2D eigenvalue weighted by Crippen LogP contribution is 2.22. The number of aliphatic hydroxyl groups excluding tert-OH is 1. The SMILES string of the molecule is OCCC1CCCCCN1Cc1ccc(-n2ccnc2)cc1. The molecule has 1 N–H and O–H groups in total. The molecule has 1 aromatic carbocycles. The van der Waals surface area contributed by atoms with Gasteiger partial charge in [0.05, 0.1) is 6.33 Å². The largest absolute Gasteiger partial charge is 0.396 e. The second kappa shape index (κ2) is 7.56. The molecule has 1 aromatic heterocycles. The van der Waals surface area contributed by atoms with E-state index in [1.54, 1.807) is 6.20 Å². The number of rotatable bonds is 5. The van der Waals surface area contributed by atoms with Gasteiger partial charge < -0.3 is 9.67 Å². The maximum absolute atomic E-state index is 9.30. The Kier molecular flexibility index (Phi) is 5.24. The standard InChI is InChI=1S/C18H25N3O/c22-13-9-17-4-2-1-3-11-20(17)14-16-5-7-18(8-6-16)21-12-10-19-15-21/h5-8,10,12,15,17,22H,1-4,9,11,13-14H2. The third-order valence-electron chi connectivity index (χ3n) is 4.59. The van der Waals surface area contributed by atoms with Gasteiger partial charge in [0.15, 0.2) is 0 Å². The molecule has 0 radical (unpaired) electrons. The highest BCUT2D eigenvalue weighted by atomic mass is 16.3. The van der Waals surface area contributed by atoms with Crippen LogP contribution in [-0.2, 0) is 6.54 Å². The van der Waals surface area contributed by atoms with Crippen LogP contribution in [0.2, 0.25) is 0 Å². The summed E-state index contributed by atoms with van der Waals surface area (Å²) in [5.41, 5.74) is 2.48. The van der Waals surface area contributed by atoms with E-state index >= 15 is 0 Å². The van der Waals surface area contributed by atoms with Crippen molar-refractivity contribution in [3.8, 4) is 5.69 Å². The van der Waals surface area contributed by atoms with Crippen LogP contribution in [0.1, 0.15) is 37.7 Å². The van der Waals surface area contributed by atoms with Gasteiger partial charge in [0.25, 0.3) is 0 Å². The van der Waals surface area contributed by atoms with E-state index in [2.05, 4.69) is 34.1 Å². The van der Waals surface area contributed by atoms with Crippen LogP contribution in [0.15, 0.2) is 43.0 Å². The van der Waals surface area contributed by atoms with Gasteiger partial charge in [-0.15, -0.1) is 0 Å². The molecule has 1 aliphatic rings. The number of hydrogen-bond donors (Lipinski definition) is 1. The lowest BCUT2D eigenvalue weighted by atomic mass is 10.1. The van der Waals surface area contributed by atoms with Gasteiger partial charge in [-0.05, 0) is 43.5 Å². The Balaban J connectivity index is 1.68. The van der Waals surface area contributed by atoms with E-state index in [4.69, 9.17) is 0 Å². The minimum atomic E-state index is 0.292. The number of aliphatic hydroxyl groups is 1. The summed E-state index contributed by atoms with van der Waals surface area (Å²) in [7, 11) is 0. The van der Waals surface area contributed by atoms with E-state index < -0.39 is 0 Å². The summed E-state index contributed by atoms with van der Waals surface area (Å²) in [4.78, 5) is 6.64. The van der Waals surface area contributed by atoms with Crippen LogP contribution in [0.4, 0.5) is 0 Å². The molecule has 1 atom stereocenters. The van der Waals surface area contributed by atoms with E-state index in [0.29, 0.717) is 12.6 Å². The van der Waals surface area contributed by atoms with E-state index in [1.165, 1.54) is 31.2 Å². The fourth-order valence-electron chi connectivity index (χ4n) is 3.34. The topological polar surface area (TPSA) is 41.3 Å². The summed E-state index contributed by atoms with van der Waals surface area (Å²) in [5, 5.41) is 9.30. The first kappa shape index (κ1) is 15.3. The first-order chi connectivity index (χ1) is 10.9. The van der Waals surface area contributed by atoms with Gasteiger partial charge in [0.2, 0.25) is 0 Å². The summed E-state index contributed by atoms with van der Waals surface area (Å²) in [6, 6.07) is 9.24.